The number of piperazine rings is 1. The van der Waals surface area contributed by atoms with Crippen LogP contribution in [-0.4, -0.2) is 60.5 Å². The molecule has 0 radical (unpaired) electrons. The molecule has 0 aliphatic carbocycles. The molecule has 2 aromatic carbocycles. The van der Waals surface area contributed by atoms with Crippen molar-refractivity contribution in [2.24, 2.45) is 0 Å². The fraction of sp³-hybridized carbons (Fsp3) is 0.333. The van der Waals surface area contributed by atoms with E-state index in [1.54, 1.807) is 18.4 Å². The third-order valence-corrected chi connectivity index (χ3v) is 6.35. The lowest BCUT2D eigenvalue weighted by atomic mass is 10.1. The maximum atomic E-state index is 12.9. The Balaban J connectivity index is 1.25. The molecule has 1 aromatic heterocycles. The summed E-state index contributed by atoms with van der Waals surface area (Å²) in [7, 11) is 1.69. The van der Waals surface area contributed by atoms with E-state index in [-0.39, 0.29) is 5.91 Å². The molecule has 1 aliphatic heterocycles. The van der Waals surface area contributed by atoms with Crippen LogP contribution in [0.1, 0.15) is 26.6 Å². The Morgan fingerprint density at radius 2 is 1.73 bits per heavy atom. The predicted octanol–water partition coefficient (Wildman–Crippen LogP) is 3.74. The van der Waals surface area contributed by atoms with Gasteiger partial charge in [-0.25, -0.2) is 4.98 Å². The fourth-order valence-electron chi connectivity index (χ4n) is 3.68. The van der Waals surface area contributed by atoms with Crippen LogP contribution in [-0.2, 0) is 12.8 Å². The van der Waals surface area contributed by atoms with Gasteiger partial charge in [-0.2, -0.15) is 0 Å². The van der Waals surface area contributed by atoms with E-state index in [0.29, 0.717) is 5.69 Å². The Morgan fingerprint density at radius 3 is 2.43 bits per heavy atom. The number of hydrogen-bond acceptors (Lipinski definition) is 5. The maximum absolute atomic E-state index is 12.9. The lowest BCUT2D eigenvalue weighted by molar-refractivity contribution is 0.0633. The molecule has 0 N–H and O–H groups in total. The van der Waals surface area contributed by atoms with Crippen molar-refractivity contribution in [1.82, 2.24) is 14.8 Å². The van der Waals surface area contributed by atoms with E-state index in [0.717, 1.165) is 56.3 Å². The van der Waals surface area contributed by atoms with E-state index in [1.165, 1.54) is 11.1 Å². The van der Waals surface area contributed by atoms with Gasteiger partial charge in [0.05, 0.1) is 12.1 Å². The van der Waals surface area contributed by atoms with Gasteiger partial charge in [-0.05, 0) is 29.7 Å². The zero-order valence-corrected chi connectivity index (χ0v) is 18.1. The Kier molecular flexibility index (Phi) is 6.77. The third kappa shape index (κ3) is 5.26. The largest absolute Gasteiger partial charge is 0.497 e. The van der Waals surface area contributed by atoms with Crippen molar-refractivity contribution < 1.29 is 9.53 Å². The number of amides is 1. The van der Waals surface area contributed by atoms with E-state index < -0.39 is 0 Å². The molecule has 1 aliphatic rings. The van der Waals surface area contributed by atoms with Crippen molar-refractivity contribution in [1.29, 1.82) is 0 Å². The normalized spacial score (nSPS) is 14.6. The Hall–Kier alpha value is -2.70. The van der Waals surface area contributed by atoms with Gasteiger partial charge in [0.25, 0.3) is 5.91 Å². The number of benzene rings is 2. The van der Waals surface area contributed by atoms with Crippen molar-refractivity contribution in [3.63, 3.8) is 0 Å². The second-order valence-electron chi connectivity index (χ2n) is 7.52. The summed E-state index contributed by atoms with van der Waals surface area (Å²) in [5, 5.41) is 2.89. The standard InChI is InChI=1S/C24H27N3O2S/c1-29-21-9-7-19(8-10-21)11-12-26-13-15-27(16-14-26)24(28)22-18-30-23(25-22)17-20-5-3-2-4-6-20/h2-10,18H,11-17H2,1H3. The van der Waals surface area contributed by atoms with Crippen molar-refractivity contribution >= 4 is 17.2 Å². The van der Waals surface area contributed by atoms with Crippen LogP contribution >= 0.6 is 11.3 Å². The highest BCUT2D eigenvalue weighted by Gasteiger charge is 2.23. The first kappa shape index (κ1) is 20.6. The Morgan fingerprint density at radius 1 is 1.00 bits per heavy atom. The quantitative estimate of drug-likeness (QED) is 0.583. The van der Waals surface area contributed by atoms with Crippen LogP contribution in [0.2, 0.25) is 0 Å². The topological polar surface area (TPSA) is 45.7 Å². The number of hydrogen-bond donors (Lipinski definition) is 0. The summed E-state index contributed by atoms with van der Waals surface area (Å²) in [4.78, 5) is 21.8. The average molecular weight is 422 g/mol. The molecule has 6 heteroatoms. The van der Waals surface area contributed by atoms with Gasteiger partial charge in [0.15, 0.2) is 0 Å². The number of ether oxygens (including phenoxy) is 1. The van der Waals surface area contributed by atoms with E-state index in [4.69, 9.17) is 4.74 Å². The zero-order chi connectivity index (χ0) is 20.8. The number of aromatic nitrogens is 1. The van der Waals surface area contributed by atoms with Crippen LogP contribution in [0.3, 0.4) is 0 Å². The minimum absolute atomic E-state index is 0.0559. The number of thiazole rings is 1. The molecular weight excluding hydrogens is 394 g/mol. The van der Waals surface area contributed by atoms with Gasteiger partial charge in [-0.1, -0.05) is 42.5 Å². The molecule has 0 spiro atoms. The maximum Gasteiger partial charge on any atom is 0.273 e. The van der Waals surface area contributed by atoms with Gasteiger partial charge in [-0.3, -0.25) is 9.69 Å². The van der Waals surface area contributed by atoms with E-state index in [9.17, 15) is 4.79 Å². The molecule has 1 fully saturated rings. The van der Waals surface area contributed by atoms with E-state index in [2.05, 4.69) is 34.1 Å². The number of carbonyl (C=O) groups excluding carboxylic acids is 1. The van der Waals surface area contributed by atoms with Crippen LogP contribution in [0.5, 0.6) is 5.75 Å². The van der Waals surface area contributed by atoms with E-state index in [1.807, 2.05) is 40.6 Å². The summed E-state index contributed by atoms with van der Waals surface area (Å²) in [5.74, 6) is 0.945. The molecule has 4 rings (SSSR count). The van der Waals surface area contributed by atoms with Gasteiger partial charge in [0.2, 0.25) is 0 Å². The first-order valence-corrected chi connectivity index (χ1v) is 11.2. The van der Waals surface area contributed by atoms with Crippen LogP contribution in [0.15, 0.2) is 60.0 Å². The molecule has 0 saturated carbocycles. The number of rotatable bonds is 7. The molecule has 1 saturated heterocycles. The predicted molar refractivity (Wildman–Crippen MR) is 120 cm³/mol. The third-order valence-electron chi connectivity index (χ3n) is 5.50. The second kappa shape index (κ2) is 9.87. The molecule has 0 bridgehead atoms. The van der Waals surface area contributed by atoms with Crippen LogP contribution in [0.25, 0.3) is 0 Å². The summed E-state index contributed by atoms with van der Waals surface area (Å²) in [6.45, 7) is 4.33. The van der Waals surface area contributed by atoms with Crippen LogP contribution < -0.4 is 4.74 Å². The molecule has 1 amide bonds. The molecule has 156 valence electrons. The number of nitrogens with zero attached hydrogens (tertiary/aromatic N) is 3. The smallest absolute Gasteiger partial charge is 0.273 e. The first-order valence-electron chi connectivity index (χ1n) is 10.3. The lowest BCUT2D eigenvalue weighted by Gasteiger charge is -2.34. The zero-order valence-electron chi connectivity index (χ0n) is 17.3. The molecular formula is C24H27N3O2S. The average Bonchev–Trinajstić information content (AvgIpc) is 3.27. The van der Waals surface area contributed by atoms with Gasteiger partial charge in [0.1, 0.15) is 11.4 Å². The van der Waals surface area contributed by atoms with E-state index >= 15 is 0 Å². The SMILES string of the molecule is COc1ccc(CCN2CCN(C(=O)c3csc(Cc4ccccc4)n3)CC2)cc1. The van der Waals surface area contributed by atoms with Crippen molar-refractivity contribution in [3.05, 3.63) is 81.8 Å². The van der Waals surface area contributed by atoms with Crippen molar-refractivity contribution in [2.75, 3.05) is 39.8 Å². The van der Waals surface area contributed by atoms with Crippen LogP contribution in [0.4, 0.5) is 0 Å². The van der Waals surface area contributed by atoms with Gasteiger partial charge >= 0.3 is 0 Å². The molecule has 0 atom stereocenters. The molecule has 0 unspecified atom stereocenters. The number of carbonyl (C=O) groups is 1. The van der Waals surface area contributed by atoms with Crippen LogP contribution in [0, 0.1) is 0 Å². The molecule has 5 nitrogen and oxygen atoms in total. The molecule has 30 heavy (non-hydrogen) atoms. The fourth-order valence-corrected chi connectivity index (χ4v) is 4.48. The monoisotopic (exact) mass is 421 g/mol. The highest BCUT2D eigenvalue weighted by molar-refractivity contribution is 7.09. The van der Waals surface area contributed by atoms with Crippen molar-refractivity contribution in [2.45, 2.75) is 12.8 Å². The van der Waals surface area contributed by atoms with Gasteiger partial charge in [-0.15, -0.1) is 11.3 Å². The Labute approximate surface area is 181 Å². The minimum Gasteiger partial charge on any atom is -0.497 e. The second-order valence-corrected chi connectivity index (χ2v) is 8.46. The first-order chi connectivity index (χ1) is 14.7. The van der Waals surface area contributed by atoms with Gasteiger partial charge < -0.3 is 9.64 Å². The Bertz CT molecular complexity index is 948. The minimum atomic E-state index is 0.0559. The summed E-state index contributed by atoms with van der Waals surface area (Å²) < 4.78 is 5.21. The van der Waals surface area contributed by atoms with Gasteiger partial charge in [0, 0.05) is 44.5 Å². The summed E-state index contributed by atoms with van der Waals surface area (Å²) in [6.07, 6.45) is 1.78. The molecule has 3 aromatic rings. The number of methoxy groups -OCH3 is 1. The summed E-state index contributed by atoms with van der Waals surface area (Å²) in [6, 6.07) is 18.5. The summed E-state index contributed by atoms with van der Waals surface area (Å²) >= 11 is 1.57. The lowest BCUT2D eigenvalue weighted by Crippen LogP contribution is -2.49. The molecule has 2 heterocycles. The highest BCUT2D eigenvalue weighted by Crippen LogP contribution is 2.17. The summed E-state index contributed by atoms with van der Waals surface area (Å²) in [5.41, 5.74) is 3.11. The highest BCUT2D eigenvalue weighted by atomic mass is 32.1. The van der Waals surface area contributed by atoms with Crippen molar-refractivity contribution in [3.8, 4) is 5.75 Å².